The van der Waals surface area contributed by atoms with E-state index in [-0.39, 0.29) is 24.0 Å². The Bertz CT molecular complexity index is 969. The van der Waals surface area contributed by atoms with Crippen LogP contribution in [0.15, 0.2) is 48.2 Å². The van der Waals surface area contributed by atoms with Crippen molar-refractivity contribution in [3.63, 3.8) is 0 Å². The van der Waals surface area contributed by atoms with Gasteiger partial charge in [0.2, 0.25) is 5.76 Å². The van der Waals surface area contributed by atoms with Crippen molar-refractivity contribution in [3.05, 3.63) is 59.4 Å². The van der Waals surface area contributed by atoms with Crippen LogP contribution in [0.5, 0.6) is 5.75 Å². The predicted molar refractivity (Wildman–Crippen MR) is 101 cm³/mol. The first kappa shape index (κ1) is 20.2. The van der Waals surface area contributed by atoms with Crippen molar-refractivity contribution in [2.45, 2.75) is 6.18 Å². The van der Waals surface area contributed by atoms with Crippen molar-refractivity contribution in [1.82, 2.24) is 0 Å². The lowest BCUT2D eigenvalue weighted by molar-refractivity contribution is -0.124. The first-order valence-electron chi connectivity index (χ1n) is 8.47. The number of ether oxygens (including phenoxy) is 2. The van der Waals surface area contributed by atoms with Gasteiger partial charge in [0.1, 0.15) is 5.75 Å². The van der Waals surface area contributed by atoms with Crippen molar-refractivity contribution in [3.8, 4) is 5.75 Å². The van der Waals surface area contributed by atoms with Gasteiger partial charge in [-0.1, -0.05) is 12.1 Å². The second-order valence-corrected chi connectivity index (χ2v) is 6.21. The average Bonchev–Trinajstić information content (AvgIpc) is 2.70. The number of hydrogen-bond donors (Lipinski definition) is 1. The summed E-state index contributed by atoms with van der Waals surface area (Å²) in [6.07, 6.45) is -3.75. The summed E-state index contributed by atoms with van der Waals surface area (Å²) in [5.41, 5.74) is 1.59. The van der Waals surface area contributed by atoms with E-state index in [1.165, 1.54) is 29.2 Å². The third-order valence-corrected chi connectivity index (χ3v) is 4.24. The summed E-state index contributed by atoms with van der Waals surface area (Å²) < 4.78 is 48.0. The number of methoxy groups -OCH3 is 1. The highest BCUT2D eigenvalue weighted by Gasteiger charge is 2.35. The van der Waals surface area contributed by atoms with Crippen LogP contribution in [0.1, 0.15) is 15.9 Å². The Hall–Kier alpha value is -3.49. The SMILES string of the molecule is CO/C(=C\c1ccc(C(=O)N(C)c2ccc3c(c2)OCC(=O)N3)cc1)C(F)(F)F. The van der Waals surface area contributed by atoms with Crippen LogP contribution in [0.25, 0.3) is 6.08 Å². The van der Waals surface area contributed by atoms with Gasteiger partial charge in [0.05, 0.1) is 12.8 Å². The molecular weight excluding hydrogens is 389 g/mol. The van der Waals surface area contributed by atoms with Crippen LogP contribution in [0, 0.1) is 0 Å². The molecule has 1 N–H and O–H groups in total. The molecule has 0 atom stereocenters. The third-order valence-electron chi connectivity index (χ3n) is 4.24. The molecule has 1 aliphatic rings. The Kier molecular flexibility index (Phi) is 5.49. The zero-order valence-corrected chi connectivity index (χ0v) is 15.5. The molecule has 2 aromatic rings. The number of fused-ring (bicyclic) bond motifs is 1. The molecule has 6 nitrogen and oxygen atoms in total. The molecule has 0 aromatic heterocycles. The number of rotatable bonds is 4. The van der Waals surface area contributed by atoms with Gasteiger partial charge in [-0.15, -0.1) is 0 Å². The Morgan fingerprint density at radius 3 is 2.52 bits per heavy atom. The van der Waals surface area contributed by atoms with Crippen molar-refractivity contribution in [2.24, 2.45) is 0 Å². The summed E-state index contributed by atoms with van der Waals surface area (Å²) in [4.78, 5) is 25.4. The molecule has 0 radical (unpaired) electrons. The first-order valence-corrected chi connectivity index (χ1v) is 8.47. The fourth-order valence-electron chi connectivity index (χ4n) is 2.71. The Labute approximate surface area is 164 Å². The van der Waals surface area contributed by atoms with Gasteiger partial charge in [0.25, 0.3) is 11.8 Å². The molecule has 9 heteroatoms. The molecule has 0 aliphatic carbocycles. The van der Waals surface area contributed by atoms with Crippen LogP contribution in [-0.4, -0.2) is 38.8 Å². The topological polar surface area (TPSA) is 67.9 Å². The number of hydrogen-bond acceptors (Lipinski definition) is 4. The highest BCUT2D eigenvalue weighted by molar-refractivity contribution is 6.06. The van der Waals surface area contributed by atoms with Gasteiger partial charge in [-0.3, -0.25) is 9.59 Å². The zero-order valence-electron chi connectivity index (χ0n) is 15.5. The molecule has 152 valence electrons. The molecule has 2 aromatic carbocycles. The highest BCUT2D eigenvalue weighted by Crippen LogP contribution is 2.32. The maximum Gasteiger partial charge on any atom is 0.448 e. The number of amides is 2. The van der Waals surface area contributed by atoms with Crippen molar-refractivity contribution in [2.75, 3.05) is 31.0 Å². The van der Waals surface area contributed by atoms with E-state index in [4.69, 9.17) is 4.74 Å². The van der Waals surface area contributed by atoms with Crippen LogP contribution >= 0.6 is 0 Å². The Morgan fingerprint density at radius 2 is 1.90 bits per heavy atom. The number of carbonyl (C=O) groups excluding carboxylic acids is 2. The van der Waals surface area contributed by atoms with Gasteiger partial charge in [-0.05, 0) is 35.9 Å². The number of halogens is 3. The number of carbonyl (C=O) groups is 2. The summed E-state index contributed by atoms with van der Waals surface area (Å²) in [7, 11) is 2.51. The minimum Gasteiger partial charge on any atom is -0.492 e. The van der Waals surface area contributed by atoms with E-state index < -0.39 is 11.9 Å². The van der Waals surface area contributed by atoms with E-state index in [0.717, 1.165) is 13.2 Å². The van der Waals surface area contributed by atoms with E-state index in [1.54, 1.807) is 25.2 Å². The van der Waals surface area contributed by atoms with Crippen LogP contribution in [0.2, 0.25) is 0 Å². The number of nitrogens with one attached hydrogen (secondary N) is 1. The number of alkyl halides is 3. The van der Waals surface area contributed by atoms with Crippen LogP contribution < -0.4 is 15.0 Å². The minimum absolute atomic E-state index is 0.107. The van der Waals surface area contributed by atoms with E-state index in [2.05, 4.69) is 10.1 Å². The molecule has 1 aliphatic heterocycles. The quantitative estimate of drug-likeness (QED) is 0.784. The highest BCUT2D eigenvalue weighted by atomic mass is 19.4. The van der Waals surface area contributed by atoms with Gasteiger partial charge in [-0.2, -0.15) is 13.2 Å². The fourth-order valence-corrected chi connectivity index (χ4v) is 2.71. The van der Waals surface area contributed by atoms with Crippen molar-refractivity contribution < 1.29 is 32.2 Å². The molecule has 0 fully saturated rings. The summed E-state index contributed by atoms with van der Waals surface area (Å²) in [6, 6.07) is 10.6. The van der Waals surface area contributed by atoms with Crippen LogP contribution in [0.3, 0.4) is 0 Å². The lowest BCUT2D eigenvalue weighted by Gasteiger charge is -2.22. The first-order chi connectivity index (χ1) is 13.7. The molecule has 0 unspecified atom stereocenters. The Balaban J connectivity index is 1.78. The minimum atomic E-state index is -4.60. The lowest BCUT2D eigenvalue weighted by atomic mass is 10.1. The molecule has 0 saturated carbocycles. The number of anilines is 2. The maximum absolute atomic E-state index is 12.8. The molecule has 2 amide bonds. The number of nitrogens with zero attached hydrogens (tertiary/aromatic N) is 1. The second-order valence-electron chi connectivity index (χ2n) is 6.21. The fraction of sp³-hybridized carbons (Fsp3) is 0.200. The molecule has 0 spiro atoms. The van der Waals surface area contributed by atoms with Crippen molar-refractivity contribution >= 4 is 29.3 Å². The van der Waals surface area contributed by atoms with E-state index >= 15 is 0 Å². The van der Waals surface area contributed by atoms with E-state index in [9.17, 15) is 22.8 Å². The van der Waals surface area contributed by atoms with Gasteiger partial charge in [-0.25, -0.2) is 0 Å². The van der Waals surface area contributed by atoms with Gasteiger partial charge < -0.3 is 19.7 Å². The Morgan fingerprint density at radius 1 is 1.21 bits per heavy atom. The smallest absolute Gasteiger partial charge is 0.448 e. The normalized spacial score (nSPS) is 13.8. The number of allylic oxidation sites excluding steroid dienone is 1. The van der Waals surface area contributed by atoms with E-state index in [0.29, 0.717) is 22.7 Å². The standard InChI is InChI=1S/C20H17F3N2O4/c1-25(14-7-8-15-16(10-14)29-11-18(26)24-15)19(27)13-5-3-12(4-6-13)9-17(28-2)20(21,22)23/h3-10H,11H2,1-2H3,(H,24,26)/b17-9-. The van der Waals surface area contributed by atoms with Crippen LogP contribution in [0.4, 0.5) is 24.5 Å². The largest absolute Gasteiger partial charge is 0.492 e. The molecular formula is C20H17F3N2O4. The summed E-state index contributed by atoms with van der Waals surface area (Å²) in [6.45, 7) is -0.107. The third kappa shape index (κ3) is 4.50. The molecule has 3 rings (SSSR count). The molecule has 0 bridgehead atoms. The summed E-state index contributed by atoms with van der Waals surface area (Å²) in [5.74, 6) is -1.30. The monoisotopic (exact) mass is 406 g/mol. The maximum atomic E-state index is 12.8. The van der Waals surface area contributed by atoms with Crippen LogP contribution in [-0.2, 0) is 9.53 Å². The zero-order chi connectivity index (χ0) is 21.2. The summed E-state index contributed by atoms with van der Waals surface area (Å²) in [5, 5.41) is 2.66. The predicted octanol–water partition coefficient (Wildman–Crippen LogP) is 3.84. The van der Waals surface area contributed by atoms with Gasteiger partial charge in [0.15, 0.2) is 6.61 Å². The molecule has 0 saturated heterocycles. The van der Waals surface area contributed by atoms with Gasteiger partial charge >= 0.3 is 6.18 Å². The summed E-state index contributed by atoms with van der Waals surface area (Å²) >= 11 is 0. The molecule has 29 heavy (non-hydrogen) atoms. The van der Waals surface area contributed by atoms with Gasteiger partial charge in [0, 0.05) is 24.4 Å². The molecule has 1 heterocycles. The van der Waals surface area contributed by atoms with Crippen molar-refractivity contribution in [1.29, 1.82) is 0 Å². The average molecular weight is 406 g/mol. The second kappa shape index (κ2) is 7.86. The lowest BCUT2D eigenvalue weighted by Crippen LogP contribution is -2.28. The van der Waals surface area contributed by atoms with E-state index in [1.807, 2.05) is 0 Å². The number of benzene rings is 2.